The van der Waals surface area contributed by atoms with Gasteiger partial charge in [0.25, 0.3) is 0 Å². The third-order valence-corrected chi connectivity index (χ3v) is 3.86. The highest BCUT2D eigenvalue weighted by atomic mass is 127. The zero-order valence-corrected chi connectivity index (χ0v) is 13.8. The van der Waals surface area contributed by atoms with E-state index in [2.05, 4.69) is 38.5 Å². The molecule has 0 atom stereocenters. The second kappa shape index (κ2) is 6.17. The third-order valence-electron chi connectivity index (χ3n) is 2.46. The number of hydrogen-bond donors (Lipinski definition) is 0. The molecule has 0 unspecified atom stereocenters. The van der Waals surface area contributed by atoms with Crippen molar-refractivity contribution in [2.45, 2.75) is 6.42 Å². The van der Waals surface area contributed by atoms with Gasteiger partial charge in [-0.15, -0.1) is 0 Å². The molecule has 0 spiro atoms. The summed E-state index contributed by atoms with van der Waals surface area (Å²) in [6, 6.07) is 13.2. The molecule has 18 heavy (non-hydrogen) atoms. The van der Waals surface area contributed by atoms with E-state index in [1.54, 1.807) is 18.2 Å². The highest BCUT2D eigenvalue weighted by Gasteiger charge is 2.09. The van der Waals surface area contributed by atoms with Crippen molar-refractivity contribution in [1.82, 2.24) is 0 Å². The van der Waals surface area contributed by atoms with Gasteiger partial charge in [0, 0.05) is 25.0 Å². The van der Waals surface area contributed by atoms with Crippen LogP contribution in [-0.2, 0) is 6.42 Å². The minimum atomic E-state index is 0.0689. The molecule has 0 saturated carbocycles. The Morgan fingerprint density at radius 1 is 1.17 bits per heavy atom. The van der Waals surface area contributed by atoms with E-state index < -0.39 is 0 Å². The maximum Gasteiger partial charge on any atom is 0.167 e. The fourth-order valence-corrected chi connectivity index (χ4v) is 2.82. The number of benzene rings is 2. The van der Waals surface area contributed by atoms with Crippen molar-refractivity contribution in [2.24, 2.45) is 0 Å². The van der Waals surface area contributed by atoms with Crippen LogP contribution in [0.3, 0.4) is 0 Å². The summed E-state index contributed by atoms with van der Waals surface area (Å²) in [6.07, 6.45) is 0.393. The average molecular weight is 435 g/mol. The van der Waals surface area contributed by atoms with Crippen molar-refractivity contribution in [1.29, 1.82) is 0 Å². The lowest BCUT2D eigenvalue weighted by atomic mass is 10.0. The highest BCUT2D eigenvalue weighted by Crippen LogP contribution is 2.21. The minimum absolute atomic E-state index is 0.0689. The van der Waals surface area contributed by atoms with Gasteiger partial charge >= 0.3 is 0 Å². The maximum absolute atomic E-state index is 12.1. The highest BCUT2D eigenvalue weighted by molar-refractivity contribution is 14.1. The molecule has 2 aromatic carbocycles. The molecule has 0 saturated heterocycles. The lowest BCUT2D eigenvalue weighted by Crippen LogP contribution is -2.03. The second-order valence-electron chi connectivity index (χ2n) is 3.88. The third kappa shape index (κ3) is 3.80. The van der Waals surface area contributed by atoms with E-state index in [0.29, 0.717) is 17.0 Å². The lowest BCUT2D eigenvalue weighted by molar-refractivity contribution is 0.0993. The van der Waals surface area contributed by atoms with E-state index in [9.17, 15) is 4.79 Å². The molecule has 4 heteroatoms. The molecule has 0 aromatic heterocycles. The first-order chi connectivity index (χ1) is 8.54. The summed E-state index contributed by atoms with van der Waals surface area (Å²) in [4.78, 5) is 12.1. The molecule has 0 aliphatic carbocycles. The van der Waals surface area contributed by atoms with Crippen LogP contribution in [0, 0.1) is 3.57 Å². The molecule has 0 N–H and O–H groups in total. The molecule has 92 valence electrons. The van der Waals surface area contributed by atoms with Gasteiger partial charge in [-0.1, -0.05) is 39.7 Å². The molecule has 0 amide bonds. The summed E-state index contributed by atoms with van der Waals surface area (Å²) in [6.45, 7) is 0. The van der Waals surface area contributed by atoms with Gasteiger partial charge in [-0.2, -0.15) is 0 Å². The molecule has 2 aromatic rings. The van der Waals surface area contributed by atoms with E-state index in [1.807, 2.05) is 24.3 Å². The summed E-state index contributed by atoms with van der Waals surface area (Å²) in [7, 11) is 0. The van der Waals surface area contributed by atoms with Crippen LogP contribution in [0.15, 0.2) is 46.9 Å². The Balaban J connectivity index is 2.19. The van der Waals surface area contributed by atoms with Crippen molar-refractivity contribution >= 4 is 55.9 Å². The average Bonchev–Trinajstić information content (AvgIpc) is 2.31. The van der Waals surface area contributed by atoms with Gasteiger partial charge in [0.2, 0.25) is 0 Å². The van der Waals surface area contributed by atoms with Crippen LogP contribution in [0.5, 0.6) is 0 Å². The van der Waals surface area contributed by atoms with E-state index in [-0.39, 0.29) is 5.78 Å². The molecule has 0 heterocycles. The Kier molecular flexibility index (Phi) is 4.81. The molecule has 1 nitrogen and oxygen atoms in total. The molecule has 0 aliphatic heterocycles. The van der Waals surface area contributed by atoms with Crippen LogP contribution in [0.1, 0.15) is 15.9 Å². The Hall–Kier alpha value is -0.390. The molecule has 0 radical (unpaired) electrons. The van der Waals surface area contributed by atoms with E-state index in [0.717, 1.165) is 13.6 Å². The summed E-state index contributed by atoms with van der Waals surface area (Å²) in [5.41, 5.74) is 1.64. The molecule has 0 bridgehead atoms. The van der Waals surface area contributed by atoms with Crippen LogP contribution in [0.2, 0.25) is 5.02 Å². The van der Waals surface area contributed by atoms with Crippen LogP contribution in [-0.4, -0.2) is 5.78 Å². The second-order valence-corrected chi connectivity index (χ2v) is 6.48. The standard InChI is InChI=1S/C14H9BrClIO/c15-11-6-10(7-12(16)8-11)14(18)5-9-1-3-13(17)4-2-9/h1-4,6-8H,5H2. The molecular weight excluding hydrogens is 426 g/mol. The first-order valence-corrected chi connectivity index (χ1v) is 7.53. The molecular formula is C14H9BrClIO. The number of hydrogen-bond acceptors (Lipinski definition) is 1. The van der Waals surface area contributed by atoms with Crippen molar-refractivity contribution in [3.8, 4) is 0 Å². The van der Waals surface area contributed by atoms with Crippen LogP contribution < -0.4 is 0 Å². The van der Waals surface area contributed by atoms with Crippen LogP contribution in [0.4, 0.5) is 0 Å². The summed E-state index contributed by atoms with van der Waals surface area (Å²) < 4.78 is 1.98. The quantitative estimate of drug-likeness (QED) is 0.482. The number of carbonyl (C=O) groups excluding carboxylic acids is 1. The van der Waals surface area contributed by atoms with Crippen molar-refractivity contribution in [2.75, 3.05) is 0 Å². The lowest BCUT2D eigenvalue weighted by Gasteiger charge is -2.03. The number of ketones is 1. The van der Waals surface area contributed by atoms with Gasteiger partial charge in [0.1, 0.15) is 0 Å². The van der Waals surface area contributed by atoms with Gasteiger partial charge in [-0.3, -0.25) is 4.79 Å². The molecule has 0 fully saturated rings. The SMILES string of the molecule is O=C(Cc1ccc(I)cc1)c1cc(Cl)cc(Br)c1. The maximum atomic E-state index is 12.1. The molecule has 0 aliphatic rings. The largest absolute Gasteiger partial charge is 0.294 e. The smallest absolute Gasteiger partial charge is 0.167 e. The number of carbonyl (C=O) groups is 1. The Morgan fingerprint density at radius 3 is 2.44 bits per heavy atom. The minimum Gasteiger partial charge on any atom is -0.294 e. The Labute approximate surface area is 133 Å². The number of halogens is 3. The monoisotopic (exact) mass is 434 g/mol. The van der Waals surface area contributed by atoms with Crippen LogP contribution >= 0.6 is 50.1 Å². The normalized spacial score (nSPS) is 10.4. The fourth-order valence-electron chi connectivity index (χ4n) is 1.60. The first kappa shape index (κ1) is 14.0. The summed E-state index contributed by atoms with van der Waals surface area (Å²) in [5.74, 6) is 0.0689. The zero-order chi connectivity index (χ0) is 13.1. The van der Waals surface area contributed by atoms with Gasteiger partial charge in [0.05, 0.1) is 0 Å². The van der Waals surface area contributed by atoms with Crippen molar-refractivity contribution < 1.29 is 4.79 Å². The predicted molar refractivity (Wildman–Crippen MR) is 86.3 cm³/mol. The van der Waals surface area contributed by atoms with E-state index in [1.165, 1.54) is 0 Å². The van der Waals surface area contributed by atoms with Crippen molar-refractivity contribution in [3.63, 3.8) is 0 Å². The van der Waals surface area contributed by atoms with Gasteiger partial charge in [0.15, 0.2) is 5.78 Å². The number of Topliss-reactive ketones (excluding diaryl/α,β-unsaturated/α-hetero) is 1. The number of rotatable bonds is 3. The first-order valence-electron chi connectivity index (χ1n) is 5.28. The van der Waals surface area contributed by atoms with Crippen molar-refractivity contribution in [3.05, 3.63) is 66.7 Å². The Morgan fingerprint density at radius 2 is 1.83 bits per heavy atom. The van der Waals surface area contributed by atoms with Crippen LogP contribution in [0.25, 0.3) is 0 Å². The van der Waals surface area contributed by atoms with Gasteiger partial charge < -0.3 is 0 Å². The topological polar surface area (TPSA) is 17.1 Å². The van der Waals surface area contributed by atoms with Gasteiger partial charge in [-0.25, -0.2) is 0 Å². The van der Waals surface area contributed by atoms with E-state index in [4.69, 9.17) is 11.6 Å². The van der Waals surface area contributed by atoms with Gasteiger partial charge in [-0.05, 0) is 58.5 Å². The molecule has 2 rings (SSSR count). The zero-order valence-electron chi connectivity index (χ0n) is 9.29. The fraction of sp³-hybridized carbons (Fsp3) is 0.0714. The predicted octanol–water partition coefficient (Wildman–Crippen LogP) is 5.13. The summed E-state index contributed by atoms with van der Waals surface area (Å²) >= 11 is 11.5. The van der Waals surface area contributed by atoms with E-state index >= 15 is 0 Å². The summed E-state index contributed by atoms with van der Waals surface area (Å²) in [5, 5.41) is 0.565. The Bertz CT molecular complexity index is 561.